The van der Waals surface area contributed by atoms with Gasteiger partial charge in [-0.3, -0.25) is 4.98 Å². The second kappa shape index (κ2) is 8.62. The highest BCUT2D eigenvalue weighted by atomic mass is 16.5. The van der Waals surface area contributed by atoms with E-state index in [-0.39, 0.29) is 12.5 Å². The van der Waals surface area contributed by atoms with Crippen molar-refractivity contribution in [3.63, 3.8) is 0 Å². The molecular weight excluding hydrogens is 332 g/mol. The number of nitrogens with zero attached hydrogens (tertiary/aromatic N) is 2. The van der Waals surface area contributed by atoms with Crippen LogP contribution in [0.25, 0.3) is 0 Å². The van der Waals surface area contributed by atoms with Crippen LogP contribution in [0.2, 0.25) is 0 Å². The van der Waals surface area contributed by atoms with Gasteiger partial charge in [0.05, 0.1) is 12.8 Å². The molecule has 6 heteroatoms. The largest absolute Gasteiger partial charge is 0.477 e. The van der Waals surface area contributed by atoms with Crippen LogP contribution in [-0.2, 0) is 11.3 Å². The fraction of sp³-hybridized carbons (Fsp3) is 0.150. The van der Waals surface area contributed by atoms with E-state index in [1.54, 1.807) is 42.9 Å². The summed E-state index contributed by atoms with van der Waals surface area (Å²) in [4.78, 5) is 20.5. The Morgan fingerprint density at radius 2 is 1.88 bits per heavy atom. The lowest BCUT2D eigenvalue weighted by molar-refractivity contribution is 0.0465. The molecule has 0 spiro atoms. The number of benzene rings is 1. The molecule has 0 unspecified atom stereocenters. The van der Waals surface area contributed by atoms with Crippen molar-refractivity contribution >= 4 is 5.97 Å². The fourth-order valence-corrected chi connectivity index (χ4v) is 2.28. The third kappa shape index (κ3) is 4.36. The predicted octanol–water partition coefficient (Wildman–Crippen LogP) is 4.02. The number of pyridine rings is 2. The summed E-state index contributed by atoms with van der Waals surface area (Å²) in [6, 6.07) is 14.2. The molecule has 132 valence electrons. The van der Waals surface area contributed by atoms with Crippen molar-refractivity contribution in [2.24, 2.45) is 0 Å². The molecule has 1 aromatic carbocycles. The SMILES string of the molecule is CCOc1ncccc1C(=O)OCc1ccccc1Oc1cccnc1. The van der Waals surface area contributed by atoms with E-state index in [1.165, 1.54) is 0 Å². The van der Waals surface area contributed by atoms with Crippen molar-refractivity contribution < 1.29 is 19.0 Å². The van der Waals surface area contributed by atoms with Crippen molar-refractivity contribution in [3.05, 3.63) is 78.2 Å². The molecule has 0 aliphatic carbocycles. The number of carbonyl (C=O) groups is 1. The van der Waals surface area contributed by atoms with Gasteiger partial charge in [0.25, 0.3) is 0 Å². The summed E-state index contributed by atoms with van der Waals surface area (Å²) in [6.07, 6.45) is 4.86. The summed E-state index contributed by atoms with van der Waals surface area (Å²) in [5.41, 5.74) is 1.03. The molecule has 3 aromatic rings. The normalized spacial score (nSPS) is 10.2. The average molecular weight is 350 g/mol. The van der Waals surface area contributed by atoms with Crippen molar-refractivity contribution in [2.75, 3.05) is 6.61 Å². The molecule has 0 saturated carbocycles. The molecule has 0 aliphatic heterocycles. The van der Waals surface area contributed by atoms with Crippen LogP contribution < -0.4 is 9.47 Å². The summed E-state index contributed by atoms with van der Waals surface area (Å²) in [5, 5.41) is 0. The molecule has 2 heterocycles. The van der Waals surface area contributed by atoms with Crippen LogP contribution in [0.15, 0.2) is 67.1 Å². The highest BCUT2D eigenvalue weighted by molar-refractivity contribution is 5.91. The topological polar surface area (TPSA) is 70.5 Å². The molecule has 0 atom stereocenters. The van der Waals surface area contributed by atoms with Gasteiger partial charge in [-0.25, -0.2) is 9.78 Å². The van der Waals surface area contributed by atoms with E-state index in [0.29, 0.717) is 23.7 Å². The number of hydrogen-bond donors (Lipinski definition) is 0. The quantitative estimate of drug-likeness (QED) is 0.599. The van der Waals surface area contributed by atoms with E-state index in [9.17, 15) is 4.79 Å². The first-order chi connectivity index (χ1) is 12.8. The summed E-state index contributed by atoms with van der Waals surface area (Å²) in [6.45, 7) is 2.31. The Morgan fingerprint density at radius 1 is 1.04 bits per heavy atom. The first-order valence-corrected chi connectivity index (χ1v) is 8.18. The summed E-state index contributed by atoms with van der Waals surface area (Å²) < 4.78 is 16.6. The van der Waals surface area contributed by atoms with Crippen LogP contribution in [-0.4, -0.2) is 22.5 Å². The number of para-hydroxylation sites is 1. The van der Waals surface area contributed by atoms with Gasteiger partial charge in [-0.05, 0) is 37.3 Å². The lowest BCUT2D eigenvalue weighted by Crippen LogP contribution is -2.09. The number of aromatic nitrogens is 2. The standard InChI is InChI=1S/C20H18N2O4/c1-2-24-19-17(9-6-12-22-19)20(23)25-14-15-7-3-4-10-18(15)26-16-8-5-11-21-13-16/h3-13H,2,14H2,1H3. The van der Waals surface area contributed by atoms with Crippen LogP contribution >= 0.6 is 0 Å². The average Bonchev–Trinajstić information content (AvgIpc) is 2.68. The first kappa shape index (κ1) is 17.4. The van der Waals surface area contributed by atoms with Gasteiger partial charge in [0.1, 0.15) is 23.7 Å². The van der Waals surface area contributed by atoms with Gasteiger partial charge in [0.15, 0.2) is 0 Å². The molecule has 0 amide bonds. The lowest BCUT2D eigenvalue weighted by Gasteiger charge is -2.12. The van der Waals surface area contributed by atoms with Gasteiger partial charge in [-0.2, -0.15) is 0 Å². The summed E-state index contributed by atoms with van der Waals surface area (Å²) in [7, 11) is 0. The van der Waals surface area contributed by atoms with Crippen LogP contribution in [0.1, 0.15) is 22.8 Å². The summed E-state index contributed by atoms with van der Waals surface area (Å²) in [5.74, 6) is 0.972. The van der Waals surface area contributed by atoms with Gasteiger partial charge in [-0.1, -0.05) is 18.2 Å². The van der Waals surface area contributed by atoms with Crippen molar-refractivity contribution in [2.45, 2.75) is 13.5 Å². The molecule has 0 aliphatic rings. The van der Waals surface area contributed by atoms with Crippen LogP contribution in [0, 0.1) is 0 Å². The maximum atomic E-state index is 12.4. The molecule has 0 fully saturated rings. The van der Waals surface area contributed by atoms with Crippen LogP contribution in [0.3, 0.4) is 0 Å². The number of ether oxygens (including phenoxy) is 3. The van der Waals surface area contributed by atoms with E-state index in [1.807, 2.05) is 31.2 Å². The predicted molar refractivity (Wildman–Crippen MR) is 95.3 cm³/mol. The second-order valence-corrected chi connectivity index (χ2v) is 5.26. The van der Waals surface area contributed by atoms with E-state index >= 15 is 0 Å². The summed E-state index contributed by atoms with van der Waals surface area (Å²) >= 11 is 0. The van der Waals surface area contributed by atoms with Gasteiger partial charge in [-0.15, -0.1) is 0 Å². The number of rotatable bonds is 7. The first-order valence-electron chi connectivity index (χ1n) is 8.18. The Labute approximate surface area is 151 Å². The molecule has 26 heavy (non-hydrogen) atoms. The van der Waals surface area contributed by atoms with Crippen LogP contribution in [0.4, 0.5) is 0 Å². The Kier molecular flexibility index (Phi) is 5.77. The Hall–Kier alpha value is -3.41. The zero-order valence-electron chi connectivity index (χ0n) is 14.3. The maximum absolute atomic E-state index is 12.4. The van der Waals surface area contributed by atoms with Crippen molar-refractivity contribution in [3.8, 4) is 17.4 Å². The minimum absolute atomic E-state index is 0.0652. The lowest BCUT2D eigenvalue weighted by atomic mass is 10.2. The van der Waals surface area contributed by atoms with E-state index in [0.717, 1.165) is 5.56 Å². The van der Waals surface area contributed by atoms with E-state index in [4.69, 9.17) is 14.2 Å². The number of esters is 1. The highest BCUT2D eigenvalue weighted by Crippen LogP contribution is 2.25. The van der Waals surface area contributed by atoms with Gasteiger partial charge in [0.2, 0.25) is 5.88 Å². The molecule has 0 N–H and O–H groups in total. The minimum atomic E-state index is -0.502. The third-order valence-corrected chi connectivity index (χ3v) is 3.47. The smallest absolute Gasteiger partial charge is 0.343 e. The third-order valence-electron chi connectivity index (χ3n) is 3.47. The molecule has 6 nitrogen and oxygen atoms in total. The maximum Gasteiger partial charge on any atom is 0.343 e. The number of hydrogen-bond acceptors (Lipinski definition) is 6. The molecular formula is C20H18N2O4. The Bertz CT molecular complexity index is 868. The minimum Gasteiger partial charge on any atom is -0.477 e. The zero-order valence-corrected chi connectivity index (χ0v) is 14.3. The molecule has 3 rings (SSSR count). The molecule has 2 aromatic heterocycles. The number of carbonyl (C=O) groups excluding carboxylic acids is 1. The Balaban J connectivity index is 1.71. The van der Waals surface area contributed by atoms with Gasteiger partial charge < -0.3 is 14.2 Å². The van der Waals surface area contributed by atoms with Crippen LogP contribution in [0.5, 0.6) is 17.4 Å². The van der Waals surface area contributed by atoms with E-state index in [2.05, 4.69) is 9.97 Å². The second-order valence-electron chi connectivity index (χ2n) is 5.26. The van der Waals surface area contributed by atoms with Gasteiger partial charge in [0, 0.05) is 18.0 Å². The monoisotopic (exact) mass is 350 g/mol. The molecule has 0 bridgehead atoms. The van der Waals surface area contributed by atoms with E-state index < -0.39 is 5.97 Å². The highest BCUT2D eigenvalue weighted by Gasteiger charge is 2.16. The zero-order chi connectivity index (χ0) is 18.2. The fourth-order valence-electron chi connectivity index (χ4n) is 2.28. The molecule has 0 saturated heterocycles. The Morgan fingerprint density at radius 3 is 2.69 bits per heavy atom. The van der Waals surface area contributed by atoms with Crippen molar-refractivity contribution in [1.29, 1.82) is 0 Å². The molecule has 0 radical (unpaired) electrons. The van der Waals surface area contributed by atoms with Crippen molar-refractivity contribution in [1.82, 2.24) is 9.97 Å². The van der Waals surface area contributed by atoms with Gasteiger partial charge >= 0.3 is 5.97 Å².